The molecule has 0 aliphatic carbocycles. The van der Waals surface area contributed by atoms with Crippen LogP contribution in [0.2, 0.25) is 10.0 Å². The zero-order valence-electron chi connectivity index (χ0n) is 18.9. The Bertz CT molecular complexity index is 1130. The number of hydrogen-bond donors (Lipinski definition) is 0. The van der Waals surface area contributed by atoms with Crippen LogP contribution < -0.4 is 14.4 Å². The summed E-state index contributed by atoms with van der Waals surface area (Å²) in [5.41, 5.74) is 1.50. The number of halogens is 4. The van der Waals surface area contributed by atoms with Gasteiger partial charge in [-0.2, -0.15) is 0 Å². The van der Waals surface area contributed by atoms with Crippen LogP contribution in [-0.4, -0.2) is 61.9 Å². The Kier molecular flexibility index (Phi) is 7.76. The second-order valence-corrected chi connectivity index (χ2v) is 8.04. The van der Waals surface area contributed by atoms with E-state index in [0.717, 1.165) is 12.3 Å². The summed E-state index contributed by atoms with van der Waals surface area (Å²) in [7, 11) is 4.60. The van der Waals surface area contributed by atoms with Crippen molar-refractivity contribution in [3.8, 4) is 22.9 Å². The molecule has 33 heavy (non-hydrogen) atoms. The van der Waals surface area contributed by atoms with Crippen molar-refractivity contribution in [3.63, 3.8) is 0 Å². The topological polar surface area (TPSA) is 69.6 Å². The van der Waals surface area contributed by atoms with Crippen molar-refractivity contribution in [2.75, 3.05) is 45.9 Å². The number of aromatic nitrogens is 3. The summed E-state index contributed by atoms with van der Waals surface area (Å²) in [4.78, 5) is 14.8. The molecule has 1 saturated heterocycles. The molecule has 0 unspecified atom stereocenters. The van der Waals surface area contributed by atoms with Gasteiger partial charge in [-0.3, -0.25) is 4.98 Å². The number of rotatable bonds is 5. The SMILES string of the molecule is CCOC.COc1cc(OC)c(Cl)c(-c2nc(N3CC(F)(F)C3)c3cc(C)ncc3n2)c1Cl. The number of pyridine rings is 1. The quantitative estimate of drug-likeness (QED) is 0.462. The monoisotopic (exact) mass is 500 g/mol. The molecular weight excluding hydrogens is 477 g/mol. The molecule has 3 heterocycles. The minimum atomic E-state index is -2.76. The van der Waals surface area contributed by atoms with Crippen molar-refractivity contribution in [1.29, 1.82) is 0 Å². The lowest BCUT2D eigenvalue weighted by Gasteiger charge is -2.40. The van der Waals surface area contributed by atoms with E-state index in [1.54, 1.807) is 25.4 Å². The van der Waals surface area contributed by atoms with E-state index in [9.17, 15) is 8.78 Å². The summed E-state index contributed by atoms with van der Waals surface area (Å²) in [5.74, 6) is -1.57. The van der Waals surface area contributed by atoms with Gasteiger partial charge in [0.25, 0.3) is 5.92 Å². The number of alkyl halides is 2. The van der Waals surface area contributed by atoms with Crippen molar-refractivity contribution >= 4 is 39.9 Å². The van der Waals surface area contributed by atoms with E-state index in [1.807, 2.05) is 13.8 Å². The third-order valence-corrected chi connectivity index (χ3v) is 5.68. The first-order valence-electron chi connectivity index (χ1n) is 10.0. The predicted octanol–water partition coefficient (Wildman–Crippen LogP) is 5.43. The fourth-order valence-corrected chi connectivity index (χ4v) is 3.89. The van der Waals surface area contributed by atoms with Gasteiger partial charge in [0.05, 0.1) is 54.6 Å². The van der Waals surface area contributed by atoms with Crippen LogP contribution in [0.15, 0.2) is 18.3 Å². The van der Waals surface area contributed by atoms with E-state index >= 15 is 0 Å². The lowest BCUT2D eigenvalue weighted by molar-refractivity contribution is -0.0265. The fourth-order valence-electron chi connectivity index (χ4n) is 3.22. The van der Waals surface area contributed by atoms with Crippen LogP contribution in [0.1, 0.15) is 12.6 Å². The second kappa shape index (κ2) is 10.2. The smallest absolute Gasteiger partial charge is 0.282 e. The number of nitrogens with zero attached hydrogens (tertiary/aromatic N) is 4. The van der Waals surface area contributed by atoms with Gasteiger partial charge in [-0.25, -0.2) is 18.7 Å². The number of fused-ring (bicyclic) bond motifs is 1. The first kappa shape index (κ1) is 25.1. The lowest BCUT2D eigenvalue weighted by atomic mass is 10.1. The lowest BCUT2D eigenvalue weighted by Crippen LogP contribution is -2.56. The van der Waals surface area contributed by atoms with E-state index < -0.39 is 19.0 Å². The molecule has 178 valence electrons. The highest BCUT2D eigenvalue weighted by Crippen LogP contribution is 2.46. The molecule has 7 nitrogen and oxygen atoms in total. The van der Waals surface area contributed by atoms with E-state index in [-0.39, 0.29) is 15.9 Å². The van der Waals surface area contributed by atoms with Crippen molar-refractivity contribution in [2.45, 2.75) is 19.8 Å². The molecule has 11 heteroatoms. The van der Waals surface area contributed by atoms with Gasteiger partial charge >= 0.3 is 0 Å². The molecule has 4 rings (SSSR count). The maximum atomic E-state index is 13.5. The van der Waals surface area contributed by atoms with E-state index in [0.29, 0.717) is 33.8 Å². The Morgan fingerprint density at radius 2 is 1.61 bits per heavy atom. The number of benzene rings is 1. The maximum absolute atomic E-state index is 13.5. The van der Waals surface area contributed by atoms with Crippen LogP contribution >= 0.6 is 23.2 Å². The van der Waals surface area contributed by atoms with Crippen molar-refractivity contribution in [1.82, 2.24) is 15.0 Å². The molecule has 1 aromatic carbocycles. The third-order valence-electron chi connectivity index (χ3n) is 4.93. The van der Waals surface area contributed by atoms with Crippen molar-refractivity contribution < 1.29 is 23.0 Å². The molecule has 0 spiro atoms. The molecule has 0 amide bonds. The number of hydrogen-bond acceptors (Lipinski definition) is 7. The molecule has 0 radical (unpaired) electrons. The normalized spacial score (nSPS) is 14.4. The number of methoxy groups -OCH3 is 3. The molecule has 1 fully saturated rings. The van der Waals surface area contributed by atoms with Gasteiger partial charge in [-0.05, 0) is 19.9 Å². The van der Waals surface area contributed by atoms with Gasteiger partial charge in [-0.15, -0.1) is 0 Å². The third kappa shape index (κ3) is 5.20. The first-order valence-corrected chi connectivity index (χ1v) is 10.8. The Morgan fingerprint density at radius 1 is 1.03 bits per heavy atom. The van der Waals surface area contributed by atoms with E-state index in [2.05, 4.69) is 19.7 Å². The zero-order valence-corrected chi connectivity index (χ0v) is 20.4. The van der Waals surface area contributed by atoms with Crippen LogP contribution in [0.5, 0.6) is 11.5 Å². The average Bonchev–Trinajstić information content (AvgIpc) is 2.77. The van der Waals surface area contributed by atoms with Crippen LogP contribution in [0.4, 0.5) is 14.6 Å². The molecule has 2 aromatic heterocycles. The summed E-state index contributed by atoms with van der Waals surface area (Å²) in [6, 6.07) is 3.32. The Labute approximate surface area is 200 Å². The van der Waals surface area contributed by atoms with Crippen molar-refractivity contribution in [3.05, 3.63) is 34.1 Å². The molecular formula is C22H24Cl2F2N4O3. The molecule has 0 bridgehead atoms. The summed E-state index contributed by atoms with van der Waals surface area (Å²) in [6.07, 6.45) is 1.57. The molecule has 3 aromatic rings. The van der Waals surface area contributed by atoms with Crippen LogP contribution in [0, 0.1) is 6.92 Å². The van der Waals surface area contributed by atoms with Gasteiger partial charge in [0.2, 0.25) is 0 Å². The molecule has 0 saturated carbocycles. The highest BCUT2D eigenvalue weighted by molar-refractivity contribution is 6.41. The predicted molar refractivity (Wildman–Crippen MR) is 125 cm³/mol. The summed E-state index contributed by atoms with van der Waals surface area (Å²) < 4.78 is 42.2. The largest absolute Gasteiger partial charge is 0.495 e. The van der Waals surface area contributed by atoms with Crippen LogP contribution in [0.3, 0.4) is 0 Å². The van der Waals surface area contributed by atoms with Crippen molar-refractivity contribution in [2.24, 2.45) is 0 Å². The minimum Gasteiger partial charge on any atom is -0.495 e. The summed E-state index contributed by atoms with van der Waals surface area (Å²) in [6.45, 7) is 3.73. The average molecular weight is 501 g/mol. The fraction of sp³-hybridized carbons (Fsp3) is 0.409. The first-order chi connectivity index (χ1) is 15.6. The highest BCUT2D eigenvalue weighted by Gasteiger charge is 2.45. The van der Waals surface area contributed by atoms with Crippen LogP contribution in [-0.2, 0) is 4.74 Å². The summed E-state index contributed by atoms with van der Waals surface area (Å²) >= 11 is 13.0. The van der Waals surface area contributed by atoms with E-state index in [1.165, 1.54) is 19.1 Å². The Morgan fingerprint density at radius 3 is 2.09 bits per heavy atom. The summed E-state index contributed by atoms with van der Waals surface area (Å²) in [5, 5.41) is 1.01. The Hall–Kier alpha value is -2.49. The van der Waals surface area contributed by atoms with Gasteiger partial charge in [0.15, 0.2) is 5.82 Å². The van der Waals surface area contributed by atoms with Crippen LogP contribution in [0.25, 0.3) is 22.3 Å². The van der Waals surface area contributed by atoms with E-state index in [4.69, 9.17) is 32.7 Å². The van der Waals surface area contributed by atoms with Gasteiger partial charge in [0.1, 0.15) is 17.3 Å². The van der Waals surface area contributed by atoms with Gasteiger partial charge < -0.3 is 19.1 Å². The standard InChI is InChI=1S/C19H16Cl2F2N4O2.C3H8O/c1-9-4-10-11(6-24-9)25-17(26-18(10)27-7-19(22,23)8-27)14-15(20)12(28-2)5-13(29-3)16(14)21;1-3-4-2/h4-6H,7-8H2,1-3H3;3H2,1-2H3. The molecule has 0 N–H and O–H groups in total. The number of ether oxygens (including phenoxy) is 3. The maximum Gasteiger partial charge on any atom is 0.282 e. The zero-order chi connectivity index (χ0) is 24.3. The highest BCUT2D eigenvalue weighted by atomic mass is 35.5. The number of anilines is 1. The minimum absolute atomic E-state index is 0.167. The number of aryl methyl sites for hydroxylation is 1. The molecule has 1 aliphatic heterocycles. The second-order valence-electron chi connectivity index (χ2n) is 7.29. The van der Waals surface area contributed by atoms with Gasteiger partial charge in [0, 0.05) is 30.9 Å². The van der Waals surface area contributed by atoms with Gasteiger partial charge in [-0.1, -0.05) is 23.2 Å². The molecule has 1 aliphatic rings. The Balaban J connectivity index is 0.000000709. The molecule has 0 atom stereocenters.